The molecule has 1 heterocycles. The Morgan fingerprint density at radius 3 is 2.39 bits per heavy atom. The molecular formula is C23H26N2O3. The van der Waals surface area contributed by atoms with Gasteiger partial charge in [0.25, 0.3) is 0 Å². The van der Waals surface area contributed by atoms with Crippen LogP contribution in [0.1, 0.15) is 42.0 Å². The maximum absolute atomic E-state index is 12.5. The molecular weight excluding hydrogens is 352 g/mol. The quantitative estimate of drug-likeness (QED) is 0.670. The fourth-order valence-corrected chi connectivity index (χ4v) is 3.36. The monoisotopic (exact) mass is 378 g/mol. The van der Waals surface area contributed by atoms with Gasteiger partial charge in [-0.05, 0) is 53.8 Å². The van der Waals surface area contributed by atoms with Crippen molar-refractivity contribution in [3.63, 3.8) is 0 Å². The van der Waals surface area contributed by atoms with Gasteiger partial charge in [0.2, 0.25) is 11.8 Å². The van der Waals surface area contributed by atoms with Gasteiger partial charge in [-0.1, -0.05) is 26.0 Å². The van der Waals surface area contributed by atoms with E-state index in [4.69, 9.17) is 4.42 Å². The van der Waals surface area contributed by atoms with Crippen molar-refractivity contribution in [3.05, 3.63) is 64.9 Å². The van der Waals surface area contributed by atoms with Crippen molar-refractivity contribution in [1.82, 2.24) is 5.32 Å². The van der Waals surface area contributed by atoms with Crippen LogP contribution in [0.3, 0.4) is 0 Å². The van der Waals surface area contributed by atoms with Gasteiger partial charge in [-0.25, -0.2) is 0 Å². The van der Waals surface area contributed by atoms with E-state index in [0.717, 1.165) is 22.1 Å². The third-order valence-electron chi connectivity index (χ3n) is 4.90. The number of amides is 2. The van der Waals surface area contributed by atoms with E-state index in [1.165, 1.54) is 11.1 Å². The standard InChI is InChI=1S/C23H26N2O3/c1-14(2)19-12-20-17(13-28-21(20)9-15(19)3)11-23(27)25-18-7-5-16(6-8-18)10-22(26)24-4/h5-9,12-14H,10-11H2,1-4H3,(H,24,26)(H,25,27). The number of benzene rings is 2. The first-order chi connectivity index (χ1) is 13.4. The molecule has 0 aliphatic heterocycles. The minimum absolute atomic E-state index is 0.0420. The number of rotatable bonds is 6. The zero-order valence-corrected chi connectivity index (χ0v) is 16.8. The molecule has 2 amide bonds. The Kier molecular flexibility index (Phi) is 5.83. The zero-order valence-electron chi connectivity index (χ0n) is 16.8. The molecule has 0 unspecified atom stereocenters. The van der Waals surface area contributed by atoms with Crippen molar-refractivity contribution >= 4 is 28.5 Å². The van der Waals surface area contributed by atoms with Gasteiger partial charge < -0.3 is 15.1 Å². The molecule has 0 aliphatic carbocycles. The molecule has 1 aromatic heterocycles. The van der Waals surface area contributed by atoms with E-state index in [0.29, 0.717) is 18.0 Å². The summed E-state index contributed by atoms with van der Waals surface area (Å²) in [6.07, 6.45) is 2.23. The lowest BCUT2D eigenvalue weighted by atomic mass is 9.95. The Morgan fingerprint density at radius 2 is 1.75 bits per heavy atom. The van der Waals surface area contributed by atoms with Crippen molar-refractivity contribution in [1.29, 1.82) is 0 Å². The molecule has 3 aromatic rings. The van der Waals surface area contributed by atoms with Crippen molar-refractivity contribution in [2.24, 2.45) is 0 Å². The second kappa shape index (κ2) is 8.30. The molecule has 5 nitrogen and oxygen atoms in total. The number of anilines is 1. The molecule has 28 heavy (non-hydrogen) atoms. The van der Waals surface area contributed by atoms with E-state index in [2.05, 4.69) is 37.5 Å². The highest BCUT2D eigenvalue weighted by Crippen LogP contribution is 2.29. The summed E-state index contributed by atoms with van der Waals surface area (Å²) in [5, 5.41) is 6.49. The van der Waals surface area contributed by atoms with Crippen molar-refractivity contribution in [2.75, 3.05) is 12.4 Å². The fourth-order valence-electron chi connectivity index (χ4n) is 3.36. The first-order valence-electron chi connectivity index (χ1n) is 9.47. The Hall–Kier alpha value is -3.08. The average molecular weight is 378 g/mol. The summed E-state index contributed by atoms with van der Waals surface area (Å²) in [6.45, 7) is 6.40. The summed E-state index contributed by atoms with van der Waals surface area (Å²) in [6, 6.07) is 11.5. The van der Waals surface area contributed by atoms with Gasteiger partial charge in [-0.15, -0.1) is 0 Å². The van der Waals surface area contributed by atoms with Crippen LogP contribution in [0.4, 0.5) is 5.69 Å². The van der Waals surface area contributed by atoms with Crippen LogP contribution >= 0.6 is 0 Å². The maximum atomic E-state index is 12.5. The van der Waals surface area contributed by atoms with E-state index in [1.807, 2.05) is 30.3 Å². The first kappa shape index (κ1) is 19.7. The van der Waals surface area contributed by atoms with Gasteiger partial charge in [-0.2, -0.15) is 0 Å². The molecule has 0 aliphatic rings. The largest absolute Gasteiger partial charge is 0.464 e. The van der Waals surface area contributed by atoms with Crippen molar-refractivity contribution in [2.45, 2.75) is 39.5 Å². The highest BCUT2D eigenvalue weighted by molar-refractivity contribution is 5.95. The SMILES string of the molecule is CNC(=O)Cc1ccc(NC(=O)Cc2coc3cc(C)c(C(C)C)cc23)cc1. The highest BCUT2D eigenvalue weighted by Gasteiger charge is 2.14. The smallest absolute Gasteiger partial charge is 0.228 e. The maximum Gasteiger partial charge on any atom is 0.228 e. The minimum Gasteiger partial charge on any atom is -0.464 e. The summed E-state index contributed by atoms with van der Waals surface area (Å²) in [4.78, 5) is 23.9. The predicted molar refractivity (Wildman–Crippen MR) is 112 cm³/mol. The van der Waals surface area contributed by atoms with Gasteiger partial charge in [-0.3, -0.25) is 9.59 Å². The second-order valence-corrected chi connectivity index (χ2v) is 7.39. The van der Waals surface area contributed by atoms with Gasteiger partial charge in [0, 0.05) is 23.7 Å². The van der Waals surface area contributed by atoms with Crippen molar-refractivity contribution < 1.29 is 14.0 Å². The lowest BCUT2D eigenvalue weighted by Crippen LogP contribution is -2.20. The molecule has 2 N–H and O–H groups in total. The van der Waals surface area contributed by atoms with Crippen LogP contribution in [0.25, 0.3) is 11.0 Å². The first-order valence-corrected chi connectivity index (χ1v) is 9.47. The second-order valence-electron chi connectivity index (χ2n) is 7.39. The van der Waals surface area contributed by atoms with Crippen LogP contribution in [0, 0.1) is 6.92 Å². The van der Waals surface area contributed by atoms with E-state index in [-0.39, 0.29) is 18.2 Å². The fraction of sp³-hybridized carbons (Fsp3) is 0.304. The summed E-state index contributed by atoms with van der Waals surface area (Å²) in [7, 11) is 1.61. The van der Waals surface area contributed by atoms with Gasteiger partial charge >= 0.3 is 0 Å². The molecule has 0 saturated carbocycles. The van der Waals surface area contributed by atoms with E-state index in [1.54, 1.807) is 13.3 Å². The van der Waals surface area contributed by atoms with Crippen LogP contribution < -0.4 is 10.6 Å². The van der Waals surface area contributed by atoms with Crippen molar-refractivity contribution in [3.8, 4) is 0 Å². The van der Waals surface area contributed by atoms with E-state index >= 15 is 0 Å². The Bertz CT molecular complexity index is 1000. The molecule has 0 saturated heterocycles. The zero-order chi connectivity index (χ0) is 20.3. The van der Waals surface area contributed by atoms with Gasteiger partial charge in [0.15, 0.2) is 0 Å². The molecule has 3 rings (SSSR count). The Morgan fingerprint density at radius 1 is 1.04 bits per heavy atom. The van der Waals surface area contributed by atoms with Crippen LogP contribution in [0.2, 0.25) is 0 Å². The molecule has 2 aromatic carbocycles. The predicted octanol–water partition coefficient (Wildman–Crippen LogP) is 4.33. The van der Waals surface area contributed by atoms with E-state index < -0.39 is 0 Å². The molecule has 0 spiro atoms. The average Bonchev–Trinajstić information content (AvgIpc) is 3.03. The molecule has 146 valence electrons. The lowest BCUT2D eigenvalue weighted by Gasteiger charge is -2.10. The number of aryl methyl sites for hydroxylation is 1. The molecule has 5 heteroatoms. The minimum atomic E-state index is -0.103. The lowest BCUT2D eigenvalue weighted by molar-refractivity contribution is -0.120. The third kappa shape index (κ3) is 4.42. The number of nitrogens with one attached hydrogen (secondary N) is 2. The third-order valence-corrected chi connectivity index (χ3v) is 4.90. The normalized spacial score (nSPS) is 11.0. The summed E-state index contributed by atoms with van der Waals surface area (Å²) in [5.74, 6) is 0.266. The summed E-state index contributed by atoms with van der Waals surface area (Å²) in [5.41, 5.74) is 5.76. The van der Waals surface area contributed by atoms with Gasteiger partial charge in [0.05, 0.1) is 19.1 Å². The topological polar surface area (TPSA) is 71.3 Å². The number of likely N-dealkylation sites (N-methyl/N-ethyl adjacent to an activating group) is 1. The summed E-state index contributed by atoms with van der Waals surface area (Å²) >= 11 is 0. The van der Waals surface area contributed by atoms with Gasteiger partial charge in [0.1, 0.15) is 5.58 Å². The van der Waals surface area contributed by atoms with Crippen LogP contribution in [-0.4, -0.2) is 18.9 Å². The van der Waals surface area contributed by atoms with Crippen LogP contribution in [0.5, 0.6) is 0 Å². The number of carbonyl (C=O) groups is 2. The molecule has 0 bridgehead atoms. The number of fused-ring (bicyclic) bond motifs is 1. The molecule has 0 atom stereocenters. The summed E-state index contributed by atoms with van der Waals surface area (Å²) < 4.78 is 5.66. The molecule has 0 fully saturated rings. The van der Waals surface area contributed by atoms with Crippen LogP contribution in [-0.2, 0) is 22.4 Å². The number of carbonyl (C=O) groups excluding carboxylic acids is 2. The highest BCUT2D eigenvalue weighted by atomic mass is 16.3. The molecule has 0 radical (unpaired) electrons. The number of hydrogen-bond donors (Lipinski definition) is 2. The number of hydrogen-bond acceptors (Lipinski definition) is 3. The number of furan rings is 1. The van der Waals surface area contributed by atoms with Crippen LogP contribution in [0.15, 0.2) is 47.1 Å². The van der Waals surface area contributed by atoms with E-state index in [9.17, 15) is 9.59 Å². The Labute approximate surface area is 165 Å². The Balaban J connectivity index is 1.71.